The first-order valence-corrected chi connectivity index (χ1v) is 10.1. The third-order valence-electron chi connectivity index (χ3n) is 5.63. The lowest BCUT2D eigenvalue weighted by atomic mass is 9.93. The van der Waals surface area contributed by atoms with Crippen molar-refractivity contribution in [3.8, 4) is 11.3 Å². The maximum Gasteiger partial charge on any atom is 0.223 e. The molecule has 0 unspecified atom stereocenters. The van der Waals surface area contributed by atoms with E-state index in [1.165, 1.54) is 5.56 Å². The molecular weight excluding hydrogens is 376 g/mol. The lowest BCUT2D eigenvalue weighted by molar-refractivity contribution is 0.0903. The van der Waals surface area contributed by atoms with Gasteiger partial charge in [-0.25, -0.2) is 14.5 Å². The Morgan fingerprint density at radius 2 is 2.00 bits per heavy atom. The minimum Gasteiger partial charge on any atom is -0.381 e. The standard InChI is InChI=1S/C20H23ClN6O/c1-26-10-14(11-26)13-2-3-18-16(8-23-27(18)12-13)19-17(21)9-22-20(25-19)24-15-4-6-28-7-5-15/h2-3,8-9,12,14-15H,4-7,10-11H2,1H3,(H,22,24,25). The molecule has 0 radical (unpaired) electrons. The van der Waals surface area contributed by atoms with E-state index in [-0.39, 0.29) is 0 Å². The van der Waals surface area contributed by atoms with Gasteiger partial charge in [-0.1, -0.05) is 17.7 Å². The highest BCUT2D eigenvalue weighted by atomic mass is 35.5. The van der Waals surface area contributed by atoms with E-state index >= 15 is 0 Å². The fourth-order valence-electron chi connectivity index (χ4n) is 3.98. The van der Waals surface area contributed by atoms with Crippen molar-refractivity contribution >= 4 is 23.1 Å². The Balaban J connectivity index is 1.44. The van der Waals surface area contributed by atoms with Gasteiger partial charge in [-0.05, 0) is 31.5 Å². The zero-order valence-electron chi connectivity index (χ0n) is 15.8. The van der Waals surface area contributed by atoms with Gasteiger partial charge in [0.05, 0.1) is 28.6 Å². The molecule has 2 saturated heterocycles. The summed E-state index contributed by atoms with van der Waals surface area (Å²) in [5.41, 5.74) is 3.93. The van der Waals surface area contributed by atoms with Crippen LogP contribution in [0.25, 0.3) is 16.8 Å². The first-order chi connectivity index (χ1) is 13.7. The number of aromatic nitrogens is 4. The zero-order chi connectivity index (χ0) is 19.1. The molecule has 3 aromatic rings. The second kappa shape index (κ2) is 7.31. The molecule has 3 aromatic heterocycles. The van der Waals surface area contributed by atoms with Crippen LogP contribution in [0.15, 0.2) is 30.7 Å². The second-order valence-corrected chi connectivity index (χ2v) is 8.10. The summed E-state index contributed by atoms with van der Waals surface area (Å²) in [5.74, 6) is 1.18. The lowest BCUT2D eigenvalue weighted by Gasteiger charge is -2.36. The molecule has 2 aliphatic heterocycles. The highest BCUT2D eigenvalue weighted by molar-refractivity contribution is 6.33. The van der Waals surface area contributed by atoms with E-state index in [0.29, 0.717) is 28.6 Å². The fourth-order valence-corrected chi connectivity index (χ4v) is 4.18. The number of halogens is 1. The number of ether oxygens (including phenoxy) is 1. The van der Waals surface area contributed by atoms with Crippen LogP contribution in [0.4, 0.5) is 5.95 Å². The normalized spacial score (nSPS) is 19.1. The Morgan fingerprint density at radius 3 is 2.79 bits per heavy atom. The Labute approximate surface area is 168 Å². The van der Waals surface area contributed by atoms with Crippen molar-refractivity contribution in [1.82, 2.24) is 24.5 Å². The largest absolute Gasteiger partial charge is 0.381 e. The monoisotopic (exact) mass is 398 g/mol. The van der Waals surface area contributed by atoms with E-state index in [4.69, 9.17) is 21.3 Å². The molecule has 0 saturated carbocycles. The number of pyridine rings is 1. The number of likely N-dealkylation sites (tertiary alicyclic amines) is 1. The number of rotatable bonds is 4. The molecule has 5 rings (SSSR count). The summed E-state index contributed by atoms with van der Waals surface area (Å²) in [6, 6.07) is 4.63. The lowest BCUT2D eigenvalue weighted by Crippen LogP contribution is -2.41. The van der Waals surface area contributed by atoms with Gasteiger partial charge in [0, 0.05) is 50.0 Å². The maximum atomic E-state index is 6.44. The van der Waals surface area contributed by atoms with Gasteiger partial charge in [0.25, 0.3) is 0 Å². The van der Waals surface area contributed by atoms with E-state index in [9.17, 15) is 0 Å². The van der Waals surface area contributed by atoms with Crippen LogP contribution >= 0.6 is 11.6 Å². The Morgan fingerprint density at radius 1 is 1.18 bits per heavy atom. The summed E-state index contributed by atoms with van der Waals surface area (Å²) >= 11 is 6.44. The molecule has 8 heteroatoms. The van der Waals surface area contributed by atoms with Crippen molar-refractivity contribution < 1.29 is 4.74 Å². The van der Waals surface area contributed by atoms with E-state index in [1.807, 2.05) is 10.7 Å². The summed E-state index contributed by atoms with van der Waals surface area (Å²) in [6.07, 6.45) is 7.52. The molecule has 0 amide bonds. The Kier molecular flexibility index (Phi) is 4.66. The molecule has 0 aliphatic carbocycles. The smallest absolute Gasteiger partial charge is 0.223 e. The summed E-state index contributed by atoms with van der Waals surface area (Å²) in [5, 5.41) is 8.48. The zero-order valence-corrected chi connectivity index (χ0v) is 16.6. The number of anilines is 1. The van der Waals surface area contributed by atoms with Gasteiger partial charge in [0.2, 0.25) is 5.95 Å². The predicted octanol–water partition coefficient (Wildman–Crippen LogP) is 3.06. The molecular formula is C20H23ClN6O. The summed E-state index contributed by atoms with van der Waals surface area (Å²) in [6.45, 7) is 3.73. The number of likely N-dealkylation sites (N-methyl/N-ethyl adjacent to an activating group) is 1. The highest BCUT2D eigenvalue weighted by Crippen LogP contribution is 2.32. The van der Waals surface area contributed by atoms with Crippen molar-refractivity contribution in [3.05, 3.63) is 41.3 Å². The molecule has 0 bridgehead atoms. The van der Waals surface area contributed by atoms with E-state index in [0.717, 1.165) is 50.2 Å². The van der Waals surface area contributed by atoms with E-state index in [1.54, 1.807) is 6.20 Å². The SMILES string of the molecule is CN1CC(c2ccc3c(-c4nc(NC5CCOCC5)ncc4Cl)cnn3c2)C1. The topological polar surface area (TPSA) is 67.6 Å². The number of nitrogens with zero attached hydrogens (tertiary/aromatic N) is 5. The van der Waals surface area contributed by atoms with Gasteiger partial charge < -0.3 is 15.0 Å². The van der Waals surface area contributed by atoms with Gasteiger partial charge in [-0.15, -0.1) is 0 Å². The van der Waals surface area contributed by atoms with Crippen LogP contribution < -0.4 is 5.32 Å². The maximum absolute atomic E-state index is 6.44. The molecule has 2 fully saturated rings. The second-order valence-electron chi connectivity index (χ2n) is 7.69. The predicted molar refractivity (Wildman–Crippen MR) is 109 cm³/mol. The summed E-state index contributed by atoms with van der Waals surface area (Å²) in [4.78, 5) is 11.4. The van der Waals surface area contributed by atoms with Crippen LogP contribution in [0.5, 0.6) is 0 Å². The first kappa shape index (κ1) is 17.8. The van der Waals surface area contributed by atoms with Crippen molar-refractivity contribution in [2.24, 2.45) is 0 Å². The van der Waals surface area contributed by atoms with Gasteiger partial charge >= 0.3 is 0 Å². The van der Waals surface area contributed by atoms with Crippen molar-refractivity contribution in [2.75, 3.05) is 38.7 Å². The molecule has 0 spiro atoms. The average Bonchev–Trinajstić information content (AvgIpc) is 3.11. The minimum absolute atomic E-state index is 0.329. The Hall–Kier alpha value is -2.22. The van der Waals surface area contributed by atoms with Gasteiger partial charge in [-0.2, -0.15) is 5.10 Å². The molecule has 1 N–H and O–H groups in total. The van der Waals surface area contributed by atoms with Crippen molar-refractivity contribution in [1.29, 1.82) is 0 Å². The van der Waals surface area contributed by atoms with Crippen LogP contribution in [0.2, 0.25) is 5.02 Å². The summed E-state index contributed by atoms with van der Waals surface area (Å²) < 4.78 is 7.34. The number of hydrogen-bond acceptors (Lipinski definition) is 6. The van der Waals surface area contributed by atoms with Crippen LogP contribution in [0.3, 0.4) is 0 Å². The van der Waals surface area contributed by atoms with Gasteiger partial charge in [0.1, 0.15) is 0 Å². The third kappa shape index (κ3) is 3.34. The Bertz CT molecular complexity index is 994. The van der Waals surface area contributed by atoms with Crippen LogP contribution in [0.1, 0.15) is 24.3 Å². The molecule has 2 aliphatic rings. The molecule has 146 valence electrons. The molecule has 0 atom stereocenters. The fraction of sp³-hybridized carbons (Fsp3) is 0.450. The molecule has 5 heterocycles. The number of nitrogens with one attached hydrogen (secondary N) is 1. The highest BCUT2D eigenvalue weighted by Gasteiger charge is 2.25. The molecule has 28 heavy (non-hydrogen) atoms. The minimum atomic E-state index is 0.329. The quantitative estimate of drug-likeness (QED) is 0.728. The molecule has 0 aromatic carbocycles. The van der Waals surface area contributed by atoms with Gasteiger partial charge in [0.15, 0.2) is 0 Å². The van der Waals surface area contributed by atoms with Crippen LogP contribution in [-0.2, 0) is 4.74 Å². The number of fused-ring (bicyclic) bond motifs is 1. The van der Waals surface area contributed by atoms with Crippen LogP contribution in [-0.4, -0.2) is 63.9 Å². The van der Waals surface area contributed by atoms with E-state index in [2.05, 4.69) is 45.7 Å². The third-order valence-corrected chi connectivity index (χ3v) is 5.90. The van der Waals surface area contributed by atoms with Crippen LogP contribution in [0, 0.1) is 0 Å². The van der Waals surface area contributed by atoms with E-state index < -0.39 is 0 Å². The average molecular weight is 399 g/mol. The van der Waals surface area contributed by atoms with Crippen molar-refractivity contribution in [3.63, 3.8) is 0 Å². The van der Waals surface area contributed by atoms with Gasteiger partial charge in [-0.3, -0.25) is 0 Å². The molecule has 7 nitrogen and oxygen atoms in total. The summed E-state index contributed by atoms with van der Waals surface area (Å²) in [7, 11) is 2.14. The first-order valence-electron chi connectivity index (χ1n) is 9.70. The number of hydrogen-bond donors (Lipinski definition) is 1. The van der Waals surface area contributed by atoms with Crippen molar-refractivity contribution in [2.45, 2.75) is 24.8 Å².